The van der Waals surface area contributed by atoms with Crippen LogP contribution in [0.4, 0.5) is 0 Å². The van der Waals surface area contributed by atoms with Crippen molar-refractivity contribution in [3.8, 4) is 23.1 Å². The molecule has 0 spiro atoms. The van der Waals surface area contributed by atoms with E-state index in [9.17, 15) is 0 Å². The average Bonchev–Trinajstić information content (AvgIpc) is 3.30. The van der Waals surface area contributed by atoms with Gasteiger partial charge in [0.2, 0.25) is 0 Å². The quantitative estimate of drug-likeness (QED) is 0.442. The van der Waals surface area contributed by atoms with Crippen molar-refractivity contribution in [3.63, 3.8) is 0 Å². The number of hydrogen-bond acceptors (Lipinski definition) is 4. The summed E-state index contributed by atoms with van der Waals surface area (Å²) >= 11 is 0. The lowest BCUT2D eigenvalue weighted by molar-refractivity contribution is 0.921. The van der Waals surface area contributed by atoms with Crippen LogP contribution in [0, 0.1) is 17.9 Å². The summed E-state index contributed by atoms with van der Waals surface area (Å²) in [7, 11) is 0. The topological polar surface area (TPSA) is 60.4 Å². The van der Waals surface area contributed by atoms with Gasteiger partial charge in [0.05, 0.1) is 18.1 Å². The lowest BCUT2D eigenvalue weighted by Crippen LogP contribution is -1.97. The number of nitrogens with zero attached hydrogens (tertiary/aromatic N) is 6. The summed E-state index contributed by atoms with van der Waals surface area (Å²) in [5.74, 6) is 6.23. The molecule has 1 radical (unpaired) electrons. The lowest BCUT2D eigenvalue weighted by Gasteiger charge is -2.01. The molecule has 0 fully saturated rings. The van der Waals surface area contributed by atoms with Gasteiger partial charge >= 0.3 is 0 Å². The number of aromatic nitrogens is 6. The molecular weight excluding hydrogens is 324 g/mol. The highest BCUT2D eigenvalue weighted by molar-refractivity contribution is 5.60. The van der Waals surface area contributed by atoms with Gasteiger partial charge in [-0.25, -0.2) is 19.0 Å². The molecule has 5 rings (SSSR count). The van der Waals surface area contributed by atoms with Crippen molar-refractivity contribution in [1.29, 1.82) is 0 Å². The Morgan fingerprint density at radius 3 is 2.35 bits per heavy atom. The van der Waals surface area contributed by atoms with E-state index < -0.39 is 0 Å². The van der Waals surface area contributed by atoms with Gasteiger partial charge in [-0.2, -0.15) is 10.2 Å². The third-order valence-electron chi connectivity index (χ3n) is 3.97. The normalized spacial score (nSPS) is 10.8. The van der Waals surface area contributed by atoms with E-state index in [4.69, 9.17) is 0 Å². The van der Waals surface area contributed by atoms with E-state index in [0.717, 1.165) is 22.6 Å². The molecule has 26 heavy (non-hydrogen) atoms. The van der Waals surface area contributed by atoms with Crippen molar-refractivity contribution in [1.82, 2.24) is 29.2 Å². The van der Waals surface area contributed by atoms with Crippen LogP contribution in [-0.4, -0.2) is 29.2 Å². The van der Waals surface area contributed by atoms with Crippen molar-refractivity contribution < 1.29 is 0 Å². The van der Waals surface area contributed by atoms with E-state index >= 15 is 0 Å². The van der Waals surface area contributed by atoms with Gasteiger partial charge in [-0.15, -0.1) is 0 Å². The molecule has 4 aromatic heterocycles. The Balaban J connectivity index is 1.60. The minimum atomic E-state index is 0.704. The van der Waals surface area contributed by atoms with Gasteiger partial charge in [-0.05, 0) is 42.2 Å². The average molecular weight is 335 g/mol. The molecule has 5 aromatic rings. The van der Waals surface area contributed by atoms with Crippen LogP contribution in [0.2, 0.25) is 0 Å². The highest BCUT2D eigenvalue weighted by atomic mass is 15.3. The van der Waals surface area contributed by atoms with E-state index in [2.05, 4.69) is 38.1 Å². The maximum Gasteiger partial charge on any atom is 0.154 e. The maximum atomic E-state index is 4.67. The standard InChI is InChI=1S/C20H11N6/c1-2-5-15(6-3-1)18-10-11-20-22-14-17(26(20)24-18)9-8-16-13-21-19-7-4-12-23-25(16)19/h2-7,10-14H. The molecule has 0 bridgehead atoms. The smallest absolute Gasteiger partial charge is 0.154 e. The summed E-state index contributed by atoms with van der Waals surface area (Å²) in [6, 6.07) is 18.3. The van der Waals surface area contributed by atoms with E-state index in [1.807, 2.05) is 48.5 Å². The molecule has 0 atom stereocenters. The molecule has 0 aliphatic carbocycles. The maximum absolute atomic E-state index is 4.67. The fourth-order valence-corrected chi connectivity index (χ4v) is 2.71. The Morgan fingerprint density at radius 1 is 0.808 bits per heavy atom. The molecule has 0 aliphatic heterocycles. The number of imidazole rings is 2. The minimum absolute atomic E-state index is 0.704. The van der Waals surface area contributed by atoms with Crippen LogP contribution >= 0.6 is 0 Å². The number of fused-ring (bicyclic) bond motifs is 2. The van der Waals surface area contributed by atoms with Gasteiger partial charge in [0.15, 0.2) is 11.3 Å². The van der Waals surface area contributed by atoms with Crippen molar-refractivity contribution in [2.45, 2.75) is 0 Å². The lowest BCUT2D eigenvalue weighted by atomic mass is 10.1. The fraction of sp³-hybridized carbons (Fsp3) is 0. The Morgan fingerprint density at radius 2 is 1.54 bits per heavy atom. The van der Waals surface area contributed by atoms with Crippen LogP contribution < -0.4 is 0 Å². The molecule has 1 aromatic carbocycles. The SMILES string of the molecule is C(#Cc1cnc2ccc(-c3cc[c]cc3)nn12)c1cnc2cccnn12. The van der Waals surface area contributed by atoms with Crippen molar-refractivity contribution >= 4 is 11.3 Å². The van der Waals surface area contributed by atoms with E-state index in [-0.39, 0.29) is 0 Å². The number of benzene rings is 1. The van der Waals surface area contributed by atoms with Gasteiger partial charge in [-0.3, -0.25) is 0 Å². The van der Waals surface area contributed by atoms with Gasteiger partial charge in [0.1, 0.15) is 11.4 Å². The molecule has 0 aliphatic rings. The van der Waals surface area contributed by atoms with Gasteiger partial charge in [-0.1, -0.05) is 24.3 Å². The fourth-order valence-electron chi connectivity index (χ4n) is 2.71. The first-order valence-corrected chi connectivity index (χ1v) is 8.00. The first-order valence-electron chi connectivity index (χ1n) is 8.00. The Kier molecular flexibility index (Phi) is 3.22. The molecule has 0 N–H and O–H groups in total. The third-order valence-corrected chi connectivity index (χ3v) is 3.97. The molecular formula is C20H11N6. The number of rotatable bonds is 1. The minimum Gasteiger partial charge on any atom is -0.234 e. The first-order chi connectivity index (χ1) is 12.9. The van der Waals surface area contributed by atoms with Gasteiger partial charge in [0, 0.05) is 11.8 Å². The molecule has 6 heteroatoms. The van der Waals surface area contributed by atoms with Crippen molar-refractivity contribution in [2.24, 2.45) is 0 Å². The summed E-state index contributed by atoms with van der Waals surface area (Å²) in [5.41, 5.74) is 4.79. The van der Waals surface area contributed by atoms with Gasteiger partial charge < -0.3 is 0 Å². The molecule has 4 heterocycles. The first kappa shape index (κ1) is 14.4. The van der Waals surface area contributed by atoms with E-state index in [0.29, 0.717) is 11.4 Å². The highest BCUT2D eigenvalue weighted by Gasteiger charge is 2.06. The van der Waals surface area contributed by atoms with Gasteiger partial charge in [0.25, 0.3) is 0 Å². The highest BCUT2D eigenvalue weighted by Crippen LogP contribution is 2.17. The third kappa shape index (κ3) is 2.39. The summed E-state index contributed by atoms with van der Waals surface area (Å²) in [5, 5.41) is 8.94. The summed E-state index contributed by atoms with van der Waals surface area (Å²) < 4.78 is 3.45. The zero-order chi connectivity index (χ0) is 17.3. The van der Waals surface area contributed by atoms with Crippen molar-refractivity contribution in [3.05, 3.63) is 84.6 Å². The van der Waals surface area contributed by atoms with Crippen LogP contribution in [0.3, 0.4) is 0 Å². The Bertz CT molecular complexity index is 1290. The predicted octanol–water partition coefficient (Wildman–Crippen LogP) is 2.64. The largest absolute Gasteiger partial charge is 0.234 e. The molecule has 121 valence electrons. The van der Waals surface area contributed by atoms with Crippen molar-refractivity contribution in [2.75, 3.05) is 0 Å². The monoisotopic (exact) mass is 335 g/mol. The summed E-state index contributed by atoms with van der Waals surface area (Å²) in [4.78, 5) is 8.66. The number of hydrogen-bond donors (Lipinski definition) is 0. The van der Waals surface area contributed by atoms with Crippen LogP contribution in [0.5, 0.6) is 0 Å². The molecule has 0 amide bonds. The summed E-state index contributed by atoms with van der Waals surface area (Å²) in [6.45, 7) is 0. The zero-order valence-electron chi connectivity index (χ0n) is 13.5. The molecule has 0 saturated carbocycles. The molecule has 6 nitrogen and oxygen atoms in total. The van der Waals surface area contributed by atoms with Crippen LogP contribution in [0.15, 0.2) is 67.1 Å². The zero-order valence-corrected chi connectivity index (χ0v) is 13.5. The van der Waals surface area contributed by atoms with Crippen LogP contribution in [0.1, 0.15) is 11.4 Å². The Labute approximate surface area is 148 Å². The second-order valence-electron chi connectivity index (χ2n) is 5.61. The molecule has 0 unspecified atom stereocenters. The van der Waals surface area contributed by atoms with E-state index in [1.165, 1.54) is 0 Å². The van der Waals surface area contributed by atoms with E-state index in [1.54, 1.807) is 27.6 Å². The van der Waals surface area contributed by atoms with Crippen LogP contribution in [0.25, 0.3) is 22.6 Å². The second kappa shape index (κ2) is 5.83. The summed E-state index contributed by atoms with van der Waals surface area (Å²) in [6.07, 6.45) is 5.13. The second-order valence-corrected chi connectivity index (χ2v) is 5.61. The predicted molar refractivity (Wildman–Crippen MR) is 96.2 cm³/mol. The van der Waals surface area contributed by atoms with Crippen LogP contribution in [-0.2, 0) is 0 Å². The Hall–Kier alpha value is -3.98. The molecule has 0 saturated heterocycles.